The smallest absolute Gasteiger partial charge is 0.320 e. The van der Waals surface area contributed by atoms with Gasteiger partial charge in [0.15, 0.2) is 0 Å². The largest absolute Gasteiger partial charge is 0.416 e. The fourth-order valence-corrected chi connectivity index (χ4v) is 3.02. The summed E-state index contributed by atoms with van der Waals surface area (Å²) in [4.78, 5) is 0. The maximum Gasteiger partial charge on any atom is 0.416 e. The van der Waals surface area contributed by atoms with Crippen LogP contribution in [0, 0.1) is 0 Å². The highest BCUT2D eigenvalue weighted by Gasteiger charge is 2.30. The number of aromatic nitrogens is 1. The molecule has 2 nitrogen and oxygen atoms in total. The van der Waals surface area contributed by atoms with Gasteiger partial charge in [-0.05, 0) is 43.2 Å². The molecule has 0 spiro atoms. The van der Waals surface area contributed by atoms with Crippen molar-refractivity contribution in [2.24, 2.45) is 0 Å². The van der Waals surface area contributed by atoms with Crippen LogP contribution in [0.4, 0.5) is 13.2 Å². The zero-order valence-corrected chi connectivity index (χ0v) is 12.2. The van der Waals surface area contributed by atoms with E-state index in [-0.39, 0.29) is 0 Å². The van der Waals surface area contributed by atoms with Crippen LogP contribution in [0.2, 0.25) is 0 Å². The van der Waals surface area contributed by atoms with Crippen molar-refractivity contribution in [1.29, 1.82) is 0 Å². The van der Waals surface area contributed by atoms with E-state index in [4.69, 9.17) is 0 Å². The number of alkyl halides is 3. The Bertz CT molecular complexity index is 625. The van der Waals surface area contributed by atoms with Crippen LogP contribution in [-0.4, -0.2) is 10.6 Å². The molecule has 0 radical (unpaired) electrons. The quantitative estimate of drug-likeness (QED) is 0.878. The number of rotatable bonds is 4. The maximum atomic E-state index is 12.8. The first-order chi connectivity index (χ1) is 10.5. The number of benzene rings is 1. The molecular formula is C17H19F3N2. The molecule has 0 saturated heterocycles. The Labute approximate surface area is 128 Å². The van der Waals surface area contributed by atoms with E-state index in [1.165, 1.54) is 37.8 Å². The van der Waals surface area contributed by atoms with Gasteiger partial charge >= 0.3 is 6.18 Å². The number of nitrogens with zero attached hydrogens (tertiary/aromatic N) is 1. The van der Waals surface area contributed by atoms with E-state index in [0.29, 0.717) is 18.3 Å². The predicted octanol–water partition coefficient (Wildman–Crippen LogP) is 4.53. The standard InChI is InChI=1S/C17H19F3N2/c18-17(19,20)13-5-3-8-15(11-13)22-10-4-9-16(22)12-21-14-6-1-2-7-14/h3-5,8-11,14,21H,1-2,6-7,12H2. The van der Waals surface area contributed by atoms with Crippen LogP contribution in [0.5, 0.6) is 0 Å². The molecule has 0 bridgehead atoms. The van der Waals surface area contributed by atoms with E-state index in [1.54, 1.807) is 12.3 Å². The second-order valence-corrected chi connectivity index (χ2v) is 5.78. The second-order valence-electron chi connectivity index (χ2n) is 5.78. The zero-order valence-electron chi connectivity index (χ0n) is 12.2. The summed E-state index contributed by atoms with van der Waals surface area (Å²) < 4.78 is 40.3. The molecule has 1 aliphatic rings. The molecule has 0 aliphatic heterocycles. The number of hydrogen-bond acceptors (Lipinski definition) is 1. The van der Waals surface area contributed by atoms with Gasteiger partial charge in [-0.15, -0.1) is 0 Å². The van der Waals surface area contributed by atoms with Crippen molar-refractivity contribution in [2.75, 3.05) is 0 Å². The maximum absolute atomic E-state index is 12.8. The third-order valence-corrected chi connectivity index (χ3v) is 4.21. The van der Waals surface area contributed by atoms with Crippen LogP contribution in [-0.2, 0) is 12.7 Å². The van der Waals surface area contributed by atoms with Gasteiger partial charge in [-0.25, -0.2) is 0 Å². The summed E-state index contributed by atoms with van der Waals surface area (Å²) in [6, 6.07) is 9.79. The first kappa shape index (κ1) is 15.2. The molecule has 1 N–H and O–H groups in total. The summed E-state index contributed by atoms with van der Waals surface area (Å²) in [7, 11) is 0. The van der Waals surface area contributed by atoms with Crippen LogP contribution in [0.1, 0.15) is 36.9 Å². The van der Waals surface area contributed by atoms with Crippen LogP contribution in [0.15, 0.2) is 42.6 Å². The van der Waals surface area contributed by atoms with Crippen molar-refractivity contribution < 1.29 is 13.2 Å². The Balaban J connectivity index is 1.79. The highest BCUT2D eigenvalue weighted by Crippen LogP contribution is 2.30. The van der Waals surface area contributed by atoms with E-state index in [0.717, 1.165) is 11.8 Å². The topological polar surface area (TPSA) is 17.0 Å². The minimum atomic E-state index is -4.31. The van der Waals surface area contributed by atoms with Gasteiger partial charge in [0.2, 0.25) is 0 Å². The molecule has 0 atom stereocenters. The molecule has 0 unspecified atom stereocenters. The molecular weight excluding hydrogens is 289 g/mol. The Morgan fingerprint density at radius 1 is 1.09 bits per heavy atom. The lowest BCUT2D eigenvalue weighted by Gasteiger charge is -2.15. The SMILES string of the molecule is FC(F)(F)c1cccc(-n2cccc2CNC2CCCC2)c1. The van der Waals surface area contributed by atoms with Crippen LogP contribution in [0.25, 0.3) is 5.69 Å². The lowest BCUT2D eigenvalue weighted by atomic mass is 10.2. The number of halogens is 3. The molecule has 3 rings (SSSR count). The van der Waals surface area contributed by atoms with E-state index in [1.807, 2.05) is 16.7 Å². The van der Waals surface area contributed by atoms with Crippen molar-refractivity contribution >= 4 is 0 Å². The molecule has 1 aromatic carbocycles. The van der Waals surface area contributed by atoms with Gasteiger partial charge in [-0.2, -0.15) is 13.2 Å². The predicted molar refractivity (Wildman–Crippen MR) is 79.9 cm³/mol. The number of hydrogen-bond donors (Lipinski definition) is 1. The average molecular weight is 308 g/mol. The van der Waals surface area contributed by atoms with E-state index in [9.17, 15) is 13.2 Å². The van der Waals surface area contributed by atoms with Gasteiger partial charge in [0.1, 0.15) is 0 Å². The average Bonchev–Trinajstić information content (AvgIpc) is 3.16. The summed E-state index contributed by atoms with van der Waals surface area (Å²) in [6.07, 6.45) is 2.37. The van der Waals surface area contributed by atoms with Gasteiger partial charge < -0.3 is 9.88 Å². The zero-order chi connectivity index (χ0) is 15.6. The third kappa shape index (κ3) is 3.35. The molecule has 1 heterocycles. The van der Waals surface area contributed by atoms with Crippen molar-refractivity contribution in [3.05, 3.63) is 53.9 Å². The minimum Gasteiger partial charge on any atom is -0.320 e. The molecule has 22 heavy (non-hydrogen) atoms. The van der Waals surface area contributed by atoms with Crippen molar-refractivity contribution in [1.82, 2.24) is 9.88 Å². The first-order valence-corrected chi connectivity index (χ1v) is 7.61. The Hall–Kier alpha value is -1.75. The lowest BCUT2D eigenvalue weighted by Crippen LogP contribution is -2.26. The molecule has 1 fully saturated rings. The van der Waals surface area contributed by atoms with Crippen molar-refractivity contribution in [3.63, 3.8) is 0 Å². The van der Waals surface area contributed by atoms with E-state index >= 15 is 0 Å². The van der Waals surface area contributed by atoms with E-state index in [2.05, 4.69) is 5.32 Å². The Kier molecular flexibility index (Phi) is 4.25. The molecule has 1 aliphatic carbocycles. The minimum absolute atomic E-state index is 0.532. The van der Waals surface area contributed by atoms with Gasteiger partial charge in [0, 0.05) is 30.2 Å². The van der Waals surface area contributed by atoms with Gasteiger partial charge in [0.25, 0.3) is 0 Å². The van der Waals surface area contributed by atoms with Crippen LogP contribution >= 0.6 is 0 Å². The summed E-state index contributed by atoms with van der Waals surface area (Å²) in [5.41, 5.74) is 0.905. The first-order valence-electron chi connectivity index (χ1n) is 7.61. The van der Waals surface area contributed by atoms with Crippen LogP contribution in [0.3, 0.4) is 0 Å². The van der Waals surface area contributed by atoms with Crippen molar-refractivity contribution in [3.8, 4) is 5.69 Å². The second kappa shape index (κ2) is 6.16. The molecule has 2 aromatic rings. The summed E-state index contributed by atoms with van der Waals surface area (Å²) in [5, 5.41) is 3.50. The lowest BCUT2D eigenvalue weighted by molar-refractivity contribution is -0.137. The monoisotopic (exact) mass is 308 g/mol. The van der Waals surface area contributed by atoms with Gasteiger partial charge in [0.05, 0.1) is 5.56 Å². The van der Waals surface area contributed by atoms with Gasteiger partial charge in [-0.3, -0.25) is 0 Å². The van der Waals surface area contributed by atoms with Crippen LogP contribution < -0.4 is 5.32 Å². The molecule has 118 valence electrons. The summed E-state index contributed by atoms with van der Waals surface area (Å²) in [6.45, 7) is 0.675. The van der Waals surface area contributed by atoms with Crippen molar-refractivity contribution in [2.45, 2.75) is 44.4 Å². The Morgan fingerprint density at radius 3 is 2.59 bits per heavy atom. The normalized spacial score (nSPS) is 16.3. The molecule has 1 aromatic heterocycles. The molecule has 5 heteroatoms. The third-order valence-electron chi connectivity index (χ3n) is 4.21. The fourth-order valence-electron chi connectivity index (χ4n) is 3.02. The number of nitrogens with one attached hydrogen (secondary N) is 1. The van der Waals surface area contributed by atoms with Gasteiger partial charge in [-0.1, -0.05) is 18.9 Å². The van der Waals surface area contributed by atoms with E-state index < -0.39 is 11.7 Å². The molecule has 1 saturated carbocycles. The molecule has 0 amide bonds. The summed E-state index contributed by atoms with van der Waals surface area (Å²) in [5.74, 6) is 0. The Morgan fingerprint density at radius 2 is 1.86 bits per heavy atom. The highest BCUT2D eigenvalue weighted by atomic mass is 19.4. The fraction of sp³-hybridized carbons (Fsp3) is 0.412. The highest BCUT2D eigenvalue weighted by molar-refractivity contribution is 5.39. The summed E-state index contributed by atoms with van der Waals surface area (Å²) >= 11 is 0.